The number of rotatable bonds is 5. The Hall–Kier alpha value is -1.33. The molecule has 1 amide bonds. The number of amides is 1. The van der Waals surface area contributed by atoms with Crippen molar-refractivity contribution in [2.75, 3.05) is 19.7 Å². The van der Waals surface area contributed by atoms with E-state index >= 15 is 0 Å². The smallest absolute Gasteiger partial charge is 0.224 e. The topological polar surface area (TPSA) is 50.4 Å². The normalized spacial score (nSPS) is 22.2. The van der Waals surface area contributed by atoms with Gasteiger partial charge in [-0.1, -0.05) is 32.9 Å². The van der Waals surface area contributed by atoms with Gasteiger partial charge in [-0.25, -0.2) is 4.39 Å². The molecule has 2 atom stereocenters. The maximum Gasteiger partial charge on any atom is 0.224 e. The monoisotopic (exact) mass is 384 g/mol. The van der Waals surface area contributed by atoms with Gasteiger partial charge in [-0.3, -0.25) is 4.79 Å². The number of nitrogens with one attached hydrogen (secondary N) is 2. The molecule has 1 saturated carbocycles. The SMILES string of the molecule is CC(C)(C)C(COc1ccccc1F)NC(=O)C1CC12CCNCC2.Cl. The molecule has 2 fully saturated rings. The Morgan fingerprint density at radius 1 is 1.35 bits per heavy atom. The quantitative estimate of drug-likeness (QED) is 0.816. The molecule has 0 radical (unpaired) electrons. The van der Waals surface area contributed by atoms with Crippen molar-refractivity contribution in [3.63, 3.8) is 0 Å². The first-order valence-electron chi connectivity index (χ1n) is 9.20. The van der Waals surface area contributed by atoms with Crippen molar-refractivity contribution in [1.29, 1.82) is 0 Å². The van der Waals surface area contributed by atoms with Crippen LogP contribution in [0.4, 0.5) is 4.39 Å². The van der Waals surface area contributed by atoms with Crippen LogP contribution < -0.4 is 15.4 Å². The molecule has 1 aromatic carbocycles. The lowest BCUT2D eigenvalue weighted by atomic mass is 9.86. The van der Waals surface area contributed by atoms with E-state index in [0.717, 1.165) is 32.4 Å². The van der Waals surface area contributed by atoms with Gasteiger partial charge in [0.15, 0.2) is 11.6 Å². The second kappa shape index (κ2) is 8.13. The van der Waals surface area contributed by atoms with E-state index in [9.17, 15) is 9.18 Å². The third kappa shape index (κ3) is 4.68. The third-order valence-corrected chi connectivity index (χ3v) is 5.71. The summed E-state index contributed by atoms with van der Waals surface area (Å²) in [6, 6.07) is 6.21. The number of carbonyl (C=O) groups excluding carboxylic acids is 1. The summed E-state index contributed by atoms with van der Waals surface area (Å²) < 4.78 is 19.4. The molecule has 146 valence electrons. The second-order valence-corrected chi connectivity index (χ2v) is 8.54. The van der Waals surface area contributed by atoms with Gasteiger partial charge >= 0.3 is 0 Å². The first kappa shape index (κ1) is 21.0. The number of carbonyl (C=O) groups is 1. The van der Waals surface area contributed by atoms with E-state index in [1.165, 1.54) is 6.07 Å². The molecule has 0 bridgehead atoms. The van der Waals surface area contributed by atoms with Crippen LogP contribution in [0.2, 0.25) is 0 Å². The fraction of sp³-hybridized carbons (Fsp3) is 0.650. The molecule has 2 aliphatic rings. The predicted molar refractivity (Wildman–Crippen MR) is 103 cm³/mol. The number of halogens is 2. The van der Waals surface area contributed by atoms with Gasteiger partial charge < -0.3 is 15.4 Å². The molecular weight excluding hydrogens is 355 g/mol. The minimum Gasteiger partial charge on any atom is -0.488 e. The fourth-order valence-corrected chi connectivity index (χ4v) is 3.71. The van der Waals surface area contributed by atoms with Gasteiger partial charge in [0.2, 0.25) is 5.91 Å². The lowest BCUT2D eigenvalue weighted by Gasteiger charge is -2.32. The maximum absolute atomic E-state index is 13.8. The van der Waals surface area contributed by atoms with Crippen LogP contribution in [0, 0.1) is 22.6 Å². The Morgan fingerprint density at radius 2 is 2.00 bits per heavy atom. The molecule has 0 aromatic heterocycles. The Morgan fingerprint density at radius 3 is 2.62 bits per heavy atom. The Labute approximate surface area is 161 Å². The van der Waals surface area contributed by atoms with E-state index < -0.39 is 0 Å². The summed E-state index contributed by atoms with van der Waals surface area (Å²) in [5.74, 6) is 0.0939. The molecule has 1 aromatic rings. The van der Waals surface area contributed by atoms with Crippen molar-refractivity contribution in [1.82, 2.24) is 10.6 Å². The highest BCUT2D eigenvalue weighted by Gasteiger charge is 2.58. The number of ether oxygens (including phenoxy) is 1. The van der Waals surface area contributed by atoms with E-state index in [2.05, 4.69) is 31.4 Å². The van der Waals surface area contributed by atoms with Gasteiger partial charge in [0.1, 0.15) is 6.61 Å². The summed E-state index contributed by atoms with van der Waals surface area (Å²) >= 11 is 0. The highest BCUT2D eigenvalue weighted by molar-refractivity contribution is 5.85. The van der Waals surface area contributed by atoms with E-state index in [-0.39, 0.29) is 59.3 Å². The predicted octanol–water partition coefficient (Wildman–Crippen LogP) is 3.55. The van der Waals surface area contributed by atoms with E-state index in [1.54, 1.807) is 18.2 Å². The number of hydrogen-bond donors (Lipinski definition) is 2. The average Bonchev–Trinajstić information content (AvgIpc) is 3.25. The molecule has 1 spiro atoms. The van der Waals surface area contributed by atoms with Crippen LogP contribution in [-0.4, -0.2) is 31.6 Å². The van der Waals surface area contributed by atoms with Crippen molar-refractivity contribution >= 4 is 18.3 Å². The molecule has 3 rings (SSSR count). The summed E-state index contributed by atoms with van der Waals surface area (Å²) in [6.45, 7) is 8.46. The summed E-state index contributed by atoms with van der Waals surface area (Å²) in [5.41, 5.74) is 0.0429. The second-order valence-electron chi connectivity index (χ2n) is 8.54. The Kier molecular flexibility index (Phi) is 6.56. The highest BCUT2D eigenvalue weighted by Crippen LogP contribution is 2.58. The van der Waals surface area contributed by atoms with Crippen molar-refractivity contribution in [3.05, 3.63) is 30.1 Å². The number of hydrogen-bond acceptors (Lipinski definition) is 3. The molecule has 1 aliphatic carbocycles. The molecule has 1 heterocycles. The maximum atomic E-state index is 13.8. The molecule has 26 heavy (non-hydrogen) atoms. The average molecular weight is 385 g/mol. The molecule has 1 aliphatic heterocycles. The van der Waals surface area contributed by atoms with Crippen LogP contribution in [0.5, 0.6) is 5.75 Å². The molecular formula is C20H30ClFN2O2. The number of benzene rings is 1. The van der Waals surface area contributed by atoms with Crippen molar-refractivity contribution in [3.8, 4) is 5.75 Å². The zero-order valence-corrected chi connectivity index (χ0v) is 16.6. The number of piperidine rings is 1. The Balaban J connectivity index is 0.00000243. The fourth-order valence-electron chi connectivity index (χ4n) is 3.71. The summed E-state index contributed by atoms with van der Waals surface area (Å²) in [4.78, 5) is 12.8. The minimum atomic E-state index is -0.377. The van der Waals surface area contributed by atoms with Gasteiger partial charge in [0.05, 0.1) is 6.04 Å². The van der Waals surface area contributed by atoms with Crippen LogP contribution in [0.25, 0.3) is 0 Å². The zero-order chi connectivity index (χ0) is 18.1. The standard InChI is InChI=1S/C20H29FN2O2.ClH/c1-19(2,3)17(13-25-16-7-5-4-6-15(16)21)23-18(24)14-12-20(14)8-10-22-11-9-20;/h4-7,14,17,22H,8-13H2,1-3H3,(H,23,24);1H. The molecule has 2 N–H and O–H groups in total. The van der Waals surface area contributed by atoms with Gasteiger partial charge in [-0.15, -0.1) is 12.4 Å². The zero-order valence-electron chi connectivity index (χ0n) is 15.8. The van der Waals surface area contributed by atoms with Crippen molar-refractivity contribution in [2.45, 2.75) is 46.1 Å². The summed E-state index contributed by atoms with van der Waals surface area (Å²) in [7, 11) is 0. The van der Waals surface area contributed by atoms with Crippen LogP contribution in [0.3, 0.4) is 0 Å². The van der Waals surface area contributed by atoms with Crippen LogP contribution in [-0.2, 0) is 4.79 Å². The van der Waals surface area contributed by atoms with E-state index in [1.807, 2.05) is 0 Å². The van der Waals surface area contributed by atoms with Gasteiger partial charge in [-0.05, 0) is 55.3 Å². The number of para-hydroxylation sites is 1. The van der Waals surface area contributed by atoms with Crippen LogP contribution in [0.15, 0.2) is 24.3 Å². The summed E-state index contributed by atoms with van der Waals surface area (Å²) in [6.07, 6.45) is 3.15. The molecule has 6 heteroatoms. The van der Waals surface area contributed by atoms with Crippen LogP contribution in [0.1, 0.15) is 40.0 Å². The van der Waals surface area contributed by atoms with Crippen molar-refractivity contribution in [2.24, 2.45) is 16.7 Å². The van der Waals surface area contributed by atoms with E-state index in [0.29, 0.717) is 0 Å². The first-order valence-corrected chi connectivity index (χ1v) is 9.20. The van der Waals surface area contributed by atoms with Crippen molar-refractivity contribution < 1.29 is 13.9 Å². The molecule has 1 saturated heterocycles. The van der Waals surface area contributed by atoms with E-state index in [4.69, 9.17) is 4.74 Å². The lowest BCUT2D eigenvalue weighted by molar-refractivity contribution is -0.125. The molecule has 2 unspecified atom stereocenters. The van der Waals surface area contributed by atoms with Gasteiger partial charge in [-0.2, -0.15) is 0 Å². The van der Waals surface area contributed by atoms with Gasteiger partial charge in [0, 0.05) is 5.92 Å². The Bertz CT molecular complexity index is 626. The molecule has 4 nitrogen and oxygen atoms in total. The largest absolute Gasteiger partial charge is 0.488 e. The minimum absolute atomic E-state index is 0. The van der Waals surface area contributed by atoms with Crippen LogP contribution >= 0.6 is 12.4 Å². The highest BCUT2D eigenvalue weighted by atomic mass is 35.5. The first-order chi connectivity index (χ1) is 11.8. The summed E-state index contributed by atoms with van der Waals surface area (Å²) in [5, 5.41) is 6.53. The van der Waals surface area contributed by atoms with Gasteiger partial charge in [0.25, 0.3) is 0 Å². The third-order valence-electron chi connectivity index (χ3n) is 5.71. The lowest BCUT2D eigenvalue weighted by Crippen LogP contribution is -2.48.